The number of carboxylic acids is 1. The van der Waals surface area contributed by atoms with Crippen molar-refractivity contribution in [1.29, 1.82) is 0 Å². The number of rotatable bonds is 11. The Labute approximate surface area is 177 Å². The Bertz CT molecular complexity index is 739. The molecule has 0 aliphatic rings. The number of carboxylic acid groups (broad SMARTS) is 1. The molecule has 0 saturated heterocycles. The van der Waals surface area contributed by atoms with Gasteiger partial charge in [0.25, 0.3) is 0 Å². The van der Waals surface area contributed by atoms with Gasteiger partial charge in [0.15, 0.2) is 0 Å². The van der Waals surface area contributed by atoms with Gasteiger partial charge in [-0.05, 0) is 48.4 Å². The van der Waals surface area contributed by atoms with Gasteiger partial charge in [0.1, 0.15) is 5.75 Å². The van der Waals surface area contributed by atoms with Crippen LogP contribution in [-0.2, 0) is 11.3 Å². The molecule has 2 rings (SSSR count). The fourth-order valence-corrected chi connectivity index (χ4v) is 2.90. The highest BCUT2D eigenvalue weighted by Crippen LogP contribution is 2.28. The summed E-state index contributed by atoms with van der Waals surface area (Å²) in [6.07, 6.45) is 2.15. The molecule has 0 unspecified atom stereocenters. The van der Waals surface area contributed by atoms with Crippen LogP contribution < -0.4 is 15.8 Å². The molecule has 0 heterocycles. The highest BCUT2D eigenvalue weighted by Gasteiger charge is 2.15. The predicted molar refractivity (Wildman–Crippen MR) is 117 cm³/mol. The Balaban J connectivity index is 0.00000392. The first kappa shape index (κ1) is 24.1. The van der Waals surface area contributed by atoms with E-state index in [1.54, 1.807) is 6.07 Å². The topological polar surface area (TPSA) is 84.6 Å². The lowest BCUT2D eigenvalue weighted by Crippen LogP contribution is -2.16. The lowest BCUT2D eigenvalue weighted by molar-refractivity contribution is -0.137. The van der Waals surface area contributed by atoms with Crippen molar-refractivity contribution in [3.8, 4) is 5.75 Å². The van der Waals surface area contributed by atoms with Gasteiger partial charge < -0.3 is 20.9 Å². The molecule has 2 aromatic rings. The van der Waals surface area contributed by atoms with Gasteiger partial charge in [-0.1, -0.05) is 43.1 Å². The van der Waals surface area contributed by atoms with Crippen LogP contribution in [0.3, 0.4) is 0 Å². The van der Waals surface area contributed by atoms with Crippen molar-refractivity contribution in [1.82, 2.24) is 0 Å². The smallest absolute Gasteiger partial charge is 0.304 e. The first-order chi connectivity index (χ1) is 13.0. The first-order valence-electron chi connectivity index (χ1n) is 9.20. The summed E-state index contributed by atoms with van der Waals surface area (Å²) in [4.78, 5) is 11.0. The molecule has 0 radical (unpaired) electrons. The zero-order chi connectivity index (χ0) is 19.6. The van der Waals surface area contributed by atoms with Gasteiger partial charge in [0, 0.05) is 12.5 Å². The van der Waals surface area contributed by atoms with E-state index in [1.165, 1.54) is 0 Å². The number of benzene rings is 2. The Morgan fingerprint density at radius 1 is 1.25 bits per heavy atom. The monoisotopic (exact) mass is 426 g/mol. The van der Waals surface area contributed by atoms with E-state index < -0.39 is 5.97 Å². The van der Waals surface area contributed by atoms with Crippen LogP contribution in [0, 0.1) is 0 Å². The second-order valence-corrected chi connectivity index (χ2v) is 6.88. The fraction of sp³-hybridized carbons (Fsp3) is 0.381. The van der Waals surface area contributed by atoms with Crippen molar-refractivity contribution in [3.63, 3.8) is 0 Å². The third-order valence-corrected chi connectivity index (χ3v) is 4.67. The Hall–Kier alpha value is -1.95. The minimum atomic E-state index is -0.865. The number of aliphatic carboxylic acids is 1. The lowest BCUT2D eigenvalue weighted by Gasteiger charge is -2.16. The maximum Gasteiger partial charge on any atom is 0.304 e. The van der Waals surface area contributed by atoms with Gasteiger partial charge in [0.05, 0.1) is 23.7 Å². The summed E-state index contributed by atoms with van der Waals surface area (Å²) in [5, 5.41) is 12.9. The number of halogens is 2. The summed E-state index contributed by atoms with van der Waals surface area (Å²) in [5.41, 5.74) is 8.46. The SMILES string of the molecule is CCCCOc1ccc(CNc2cc([C@H](CN)CC(=O)O)ccc2Cl)cc1.Cl. The first-order valence-corrected chi connectivity index (χ1v) is 9.58. The second-order valence-electron chi connectivity index (χ2n) is 6.47. The number of nitrogens with one attached hydrogen (secondary N) is 1. The van der Waals surface area contributed by atoms with Crippen molar-refractivity contribution in [3.05, 3.63) is 58.6 Å². The summed E-state index contributed by atoms with van der Waals surface area (Å²) in [5.74, 6) is -0.234. The Morgan fingerprint density at radius 2 is 1.96 bits per heavy atom. The largest absolute Gasteiger partial charge is 0.494 e. The maximum absolute atomic E-state index is 11.0. The van der Waals surface area contributed by atoms with Crippen molar-refractivity contribution < 1.29 is 14.6 Å². The summed E-state index contributed by atoms with van der Waals surface area (Å²) < 4.78 is 5.67. The molecule has 5 nitrogen and oxygen atoms in total. The Kier molecular flexibility index (Phi) is 10.8. The van der Waals surface area contributed by atoms with Crippen LogP contribution in [0.4, 0.5) is 5.69 Å². The standard InChI is InChI=1S/C21H27ClN2O3.ClH/c1-2-3-10-27-18-7-4-15(5-8-18)14-24-20-11-16(6-9-19(20)22)17(13-23)12-21(25)26;/h4-9,11,17,24H,2-3,10,12-14,23H2,1H3,(H,25,26);1H/t17-;/m0./s1. The molecule has 0 amide bonds. The molecule has 0 spiro atoms. The fourth-order valence-electron chi connectivity index (χ4n) is 2.72. The van der Waals surface area contributed by atoms with Crippen LogP contribution in [0.5, 0.6) is 5.75 Å². The van der Waals surface area contributed by atoms with E-state index in [4.69, 9.17) is 27.2 Å². The molecule has 7 heteroatoms. The summed E-state index contributed by atoms with van der Waals surface area (Å²) in [7, 11) is 0. The van der Waals surface area contributed by atoms with Crippen LogP contribution in [0.2, 0.25) is 5.02 Å². The third-order valence-electron chi connectivity index (χ3n) is 4.34. The number of hydrogen-bond acceptors (Lipinski definition) is 4. The van der Waals surface area contributed by atoms with E-state index in [0.717, 1.165) is 42.0 Å². The highest BCUT2D eigenvalue weighted by molar-refractivity contribution is 6.33. The maximum atomic E-state index is 11.0. The van der Waals surface area contributed by atoms with Gasteiger partial charge in [-0.2, -0.15) is 0 Å². The molecule has 154 valence electrons. The summed E-state index contributed by atoms with van der Waals surface area (Å²) in [6.45, 7) is 3.74. The van der Waals surface area contributed by atoms with Gasteiger partial charge in [0.2, 0.25) is 0 Å². The molecule has 4 N–H and O–H groups in total. The molecule has 2 aromatic carbocycles. The number of unbranched alkanes of at least 4 members (excludes halogenated alkanes) is 1. The van der Waals surface area contributed by atoms with Gasteiger partial charge >= 0.3 is 5.97 Å². The van der Waals surface area contributed by atoms with Gasteiger partial charge in [-0.25, -0.2) is 0 Å². The van der Waals surface area contributed by atoms with E-state index in [9.17, 15) is 4.79 Å². The van der Waals surface area contributed by atoms with Crippen molar-refractivity contribution in [2.45, 2.75) is 38.6 Å². The van der Waals surface area contributed by atoms with Crippen molar-refractivity contribution in [2.75, 3.05) is 18.5 Å². The summed E-state index contributed by atoms with van der Waals surface area (Å²) in [6, 6.07) is 13.4. The molecule has 0 aliphatic heterocycles. The molecule has 0 aliphatic carbocycles. The van der Waals surface area contributed by atoms with E-state index in [1.807, 2.05) is 36.4 Å². The minimum absolute atomic E-state index is 0. The normalized spacial score (nSPS) is 11.4. The molecule has 0 bridgehead atoms. The van der Waals surface area contributed by atoms with Crippen LogP contribution in [0.15, 0.2) is 42.5 Å². The van der Waals surface area contributed by atoms with Crippen LogP contribution >= 0.6 is 24.0 Å². The number of anilines is 1. The minimum Gasteiger partial charge on any atom is -0.494 e. The van der Waals surface area contributed by atoms with E-state index in [0.29, 0.717) is 11.6 Å². The van der Waals surface area contributed by atoms with E-state index in [2.05, 4.69) is 12.2 Å². The third kappa shape index (κ3) is 7.58. The van der Waals surface area contributed by atoms with Crippen molar-refractivity contribution >= 4 is 35.7 Å². The average molecular weight is 427 g/mol. The van der Waals surface area contributed by atoms with E-state index >= 15 is 0 Å². The zero-order valence-corrected chi connectivity index (χ0v) is 17.6. The molecular weight excluding hydrogens is 399 g/mol. The average Bonchev–Trinajstić information content (AvgIpc) is 2.66. The predicted octanol–water partition coefficient (Wildman–Crippen LogP) is 5.07. The van der Waals surface area contributed by atoms with Gasteiger partial charge in [-0.3, -0.25) is 4.79 Å². The van der Waals surface area contributed by atoms with Crippen LogP contribution in [0.1, 0.15) is 43.2 Å². The molecule has 0 saturated carbocycles. The zero-order valence-electron chi connectivity index (χ0n) is 16.0. The number of hydrogen-bond donors (Lipinski definition) is 3. The second kappa shape index (κ2) is 12.5. The van der Waals surface area contributed by atoms with E-state index in [-0.39, 0.29) is 31.3 Å². The van der Waals surface area contributed by atoms with Gasteiger partial charge in [-0.15, -0.1) is 12.4 Å². The number of carbonyl (C=O) groups is 1. The molecular formula is C21H28Cl2N2O3. The molecule has 0 fully saturated rings. The number of ether oxygens (including phenoxy) is 1. The lowest BCUT2D eigenvalue weighted by atomic mass is 9.95. The van der Waals surface area contributed by atoms with Crippen molar-refractivity contribution in [2.24, 2.45) is 5.73 Å². The molecule has 28 heavy (non-hydrogen) atoms. The Morgan fingerprint density at radius 3 is 2.57 bits per heavy atom. The van der Waals surface area contributed by atoms with Crippen LogP contribution in [0.25, 0.3) is 0 Å². The highest BCUT2D eigenvalue weighted by atomic mass is 35.5. The molecule has 0 aromatic heterocycles. The molecule has 1 atom stereocenters. The van der Waals surface area contributed by atoms with Crippen LogP contribution in [-0.4, -0.2) is 24.2 Å². The number of nitrogens with two attached hydrogens (primary N) is 1. The summed E-state index contributed by atoms with van der Waals surface area (Å²) >= 11 is 6.28. The quantitative estimate of drug-likeness (QED) is 0.436.